The molecule has 0 radical (unpaired) electrons. The van der Waals surface area contributed by atoms with Gasteiger partial charge < -0.3 is 10.7 Å². The molecule has 0 fully saturated rings. The van der Waals surface area contributed by atoms with E-state index in [2.05, 4.69) is 31.8 Å². The maximum atomic E-state index is 11.2. The van der Waals surface area contributed by atoms with Crippen LogP contribution in [0.2, 0.25) is 0 Å². The Bertz CT molecular complexity index is 547. The third-order valence-electron chi connectivity index (χ3n) is 2.81. The SMILES string of the molecule is CC(C)(C)c1ccc2c(C(N)=O)c[nH]c2c1. The van der Waals surface area contributed by atoms with E-state index in [1.54, 1.807) is 6.20 Å². The second kappa shape index (κ2) is 3.37. The third kappa shape index (κ3) is 1.69. The van der Waals surface area contributed by atoms with Crippen LogP contribution in [0.15, 0.2) is 24.4 Å². The van der Waals surface area contributed by atoms with Gasteiger partial charge in [0.1, 0.15) is 0 Å². The molecule has 1 heterocycles. The summed E-state index contributed by atoms with van der Waals surface area (Å²) in [5.41, 5.74) is 8.14. The molecule has 84 valence electrons. The quantitative estimate of drug-likeness (QED) is 0.756. The van der Waals surface area contributed by atoms with Crippen LogP contribution in [0.3, 0.4) is 0 Å². The van der Waals surface area contributed by atoms with Crippen LogP contribution in [0, 0.1) is 0 Å². The molecule has 1 amide bonds. The summed E-state index contributed by atoms with van der Waals surface area (Å²) in [5, 5.41) is 0.889. The van der Waals surface area contributed by atoms with E-state index in [4.69, 9.17) is 5.73 Å². The number of hydrogen-bond acceptors (Lipinski definition) is 1. The van der Waals surface area contributed by atoms with Crippen molar-refractivity contribution < 1.29 is 4.79 Å². The molecular formula is C13H16N2O. The van der Waals surface area contributed by atoms with Crippen molar-refractivity contribution in [1.29, 1.82) is 0 Å². The van der Waals surface area contributed by atoms with Crippen molar-refractivity contribution in [2.45, 2.75) is 26.2 Å². The van der Waals surface area contributed by atoms with Gasteiger partial charge in [-0.2, -0.15) is 0 Å². The Morgan fingerprint density at radius 3 is 2.56 bits per heavy atom. The van der Waals surface area contributed by atoms with Crippen LogP contribution < -0.4 is 5.73 Å². The van der Waals surface area contributed by atoms with Gasteiger partial charge in [0.15, 0.2) is 0 Å². The molecule has 0 aliphatic rings. The van der Waals surface area contributed by atoms with Crippen LogP contribution in [0.5, 0.6) is 0 Å². The average molecular weight is 216 g/mol. The lowest BCUT2D eigenvalue weighted by molar-refractivity contribution is 0.100. The summed E-state index contributed by atoms with van der Waals surface area (Å²) in [4.78, 5) is 14.2. The number of amides is 1. The highest BCUT2D eigenvalue weighted by molar-refractivity contribution is 6.06. The Kier molecular flexibility index (Phi) is 2.26. The van der Waals surface area contributed by atoms with E-state index in [0.29, 0.717) is 5.56 Å². The van der Waals surface area contributed by atoms with Gasteiger partial charge in [-0.25, -0.2) is 0 Å². The zero-order valence-corrected chi connectivity index (χ0v) is 9.79. The Balaban J connectivity index is 2.62. The van der Waals surface area contributed by atoms with Crippen LogP contribution in [0.1, 0.15) is 36.7 Å². The number of nitrogens with two attached hydrogens (primary N) is 1. The summed E-state index contributed by atoms with van der Waals surface area (Å²) in [7, 11) is 0. The third-order valence-corrected chi connectivity index (χ3v) is 2.81. The number of H-pyrrole nitrogens is 1. The molecule has 0 saturated carbocycles. The van der Waals surface area contributed by atoms with Crippen LogP contribution in [0.4, 0.5) is 0 Å². The lowest BCUT2D eigenvalue weighted by Gasteiger charge is -2.18. The second-order valence-electron chi connectivity index (χ2n) is 5.08. The van der Waals surface area contributed by atoms with Gasteiger partial charge in [0.25, 0.3) is 5.91 Å². The van der Waals surface area contributed by atoms with Crippen molar-refractivity contribution in [2.24, 2.45) is 5.73 Å². The van der Waals surface area contributed by atoms with Crippen molar-refractivity contribution in [3.8, 4) is 0 Å². The Hall–Kier alpha value is -1.77. The minimum absolute atomic E-state index is 0.103. The molecular weight excluding hydrogens is 200 g/mol. The first-order chi connectivity index (χ1) is 7.39. The van der Waals surface area contributed by atoms with Gasteiger partial charge in [0, 0.05) is 17.1 Å². The minimum atomic E-state index is -0.394. The fourth-order valence-electron chi connectivity index (χ4n) is 1.80. The van der Waals surface area contributed by atoms with Gasteiger partial charge in [0.2, 0.25) is 0 Å². The van der Waals surface area contributed by atoms with Gasteiger partial charge in [-0.05, 0) is 17.0 Å². The largest absolute Gasteiger partial charge is 0.366 e. The average Bonchev–Trinajstić information content (AvgIpc) is 2.58. The fraction of sp³-hybridized carbons (Fsp3) is 0.308. The zero-order valence-electron chi connectivity index (χ0n) is 9.79. The number of rotatable bonds is 1. The first kappa shape index (κ1) is 10.7. The van der Waals surface area contributed by atoms with E-state index in [1.165, 1.54) is 5.56 Å². The summed E-state index contributed by atoms with van der Waals surface area (Å²) in [6, 6.07) is 6.07. The number of carbonyl (C=O) groups excluding carboxylic acids is 1. The number of benzene rings is 1. The number of hydrogen-bond donors (Lipinski definition) is 2. The van der Waals surface area contributed by atoms with E-state index < -0.39 is 5.91 Å². The van der Waals surface area contributed by atoms with Crippen molar-refractivity contribution in [1.82, 2.24) is 4.98 Å². The van der Waals surface area contributed by atoms with Crippen LogP contribution in [-0.4, -0.2) is 10.9 Å². The van der Waals surface area contributed by atoms with Crippen molar-refractivity contribution in [3.63, 3.8) is 0 Å². The Morgan fingerprint density at radius 2 is 2.00 bits per heavy atom. The molecule has 0 aliphatic carbocycles. The molecule has 0 unspecified atom stereocenters. The predicted molar refractivity (Wildman–Crippen MR) is 65.5 cm³/mol. The number of carbonyl (C=O) groups is 1. The highest BCUT2D eigenvalue weighted by Crippen LogP contribution is 2.27. The van der Waals surface area contributed by atoms with E-state index in [0.717, 1.165) is 10.9 Å². The summed E-state index contributed by atoms with van der Waals surface area (Å²) in [6.45, 7) is 6.48. The maximum absolute atomic E-state index is 11.2. The molecule has 0 bridgehead atoms. The summed E-state index contributed by atoms with van der Waals surface area (Å²) in [6.07, 6.45) is 1.67. The Morgan fingerprint density at radius 1 is 1.31 bits per heavy atom. The lowest BCUT2D eigenvalue weighted by Crippen LogP contribution is -2.11. The molecule has 0 aliphatic heterocycles. The highest BCUT2D eigenvalue weighted by Gasteiger charge is 2.15. The fourth-order valence-corrected chi connectivity index (χ4v) is 1.80. The molecule has 1 aromatic heterocycles. The van der Waals surface area contributed by atoms with Crippen LogP contribution in [-0.2, 0) is 5.41 Å². The number of aromatic nitrogens is 1. The minimum Gasteiger partial charge on any atom is -0.366 e. The molecule has 0 spiro atoms. The highest BCUT2D eigenvalue weighted by atomic mass is 16.1. The van der Waals surface area contributed by atoms with Gasteiger partial charge in [-0.3, -0.25) is 4.79 Å². The first-order valence-corrected chi connectivity index (χ1v) is 5.31. The number of nitrogens with one attached hydrogen (secondary N) is 1. The van der Waals surface area contributed by atoms with Crippen molar-refractivity contribution in [2.75, 3.05) is 0 Å². The molecule has 3 N–H and O–H groups in total. The van der Waals surface area contributed by atoms with Gasteiger partial charge in [-0.15, -0.1) is 0 Å². The molecule has 1 aromatic carbocycles. The predicted octanol–water partition coefficient (Wildman–Crippen LogP) is 2.56. The first-order valence-electron chi connectivity index (χ1n) is 5.31. The molecule has 0 atom stereocenters. The zero-order chi connectivity index (χ0) is 11.9. The van der Waals surface area contributed by atoms with Crippen LogP contribution >= 0.6 is 0 Å². The molecule has 16 heavy (non-hydrogen) atoms. The molecule has 3 heteroatoms. The summed E-state index contributed by atoms with van der Waals surface area (Å²) < 4.78 is 0. The van der Waals surface area contributed by atoms with E-state index in [1.807, 2.05) is 12.1 Å². The molecule has 2 rings (SSSR count). The van der Waals surface area contributed by atoms with Gasteiger partial charge in [-0.1, -0.05) is 32.9 Å². The summed E-state index contributed by atoms with van der Waals surface area (Å²) in [5.74, 6) is -0.394. The van der Waals surface area contributed by atoms with Crippen molar-refractivity contribution in [3.05, 3.63) is 35.5 Å². The number of fused-ring (bicyclic) bond motifs is 1. The number of primary amides is 1. The Labute approximate surface area is 94.6 Å². The summed E-state index contributed by atoms with van der Waals surface area (Å²) >= 11 is 0. The van der Waals surface area contributed by atoms with E-state index in [-0.39, 0.29) is 5.41 Å². The standard InChI is InChI=1S/C13H16N2O/c1-13(2,3)8-4-5-9-10(12(14)16)7-15-11(9)6-8/h4-7,15H,1-3H3,(H2,14,16). The molecule has 3 nitrogen and oxygen atoms in total. The van der Waals surface area contributed by atoms with Crippen LogP contribution in [0.25, 0.3) is 10.9 Å². The van der Waals surface area contributed by atoms with E-state index in [9.17, 15) is 4.79 Å². The van der Waals surface area contributed by atoms with Crippen molar-refractivity contribution >= 4 is 16.8 Å². The van der Waals surface area contributed by atoms with Gasteiger partial charge in [0.05, 0.1) is 5.56 Å². The smallest absolute Gasteiger partial charge is 0.250 e. The number of aromatic amines is 1. The van der Waals surface area contributed by atoms with Gasteiger partial charge >= 0.3 is 0 Å². The normalized spacial score (nSPS) is 11.9. The lowest BCUT2D eigenvalue weighted by atomic mass is 9.86. The molecule has 2 aromatic rings. The molecule has 0 saturated heterocycles. The topological polar surface area (TPSA) is 58.9 Å². The van der Waals surface area contributed by atoms with E-state index >= 15 is 0 Å². The monoisotopic (exact) mass is 216 g/mol. The maximum Gasteiger partial charge on any atom is 0.250 e. The second-order valence-corrected chi connectivity index (χ2v) is 5.08.